The number of benzene rings is 9. The maximum Gasteiger partial charge on any atom is 0.235 e. The Kier molecular flexibility index (Phi) is 7.98. The van der Waals surface area contributed by atoms with Crippen molar-refractivity contribution in [3.05, 3.63) is 225 Å². The van der Waals surface area contributed by atoms with Gasteiger partial charge in [0.2, 0.25) is 11.4 Å². The van der Waals surface area contributed by atoms with E-state index in [9.17, 15) is 0 Å². The second-order valence-electron chi connectivity index (χ2n) is 17.3. The summed E-state index contributed by atoms with van der Waals surface area (Å²) in [7, 11) is 0. The molecule has 308 valence electrons. The second kappa shape index (κ2) is 14.4. The molecule has 0 fully saturated rings. The van der Waals surface area contributed by atoms with Gasteiger partial charge in [-0.25, -0.2) is 0 Å². The van der Waals surface area contributed by atoms with E-state index in [2.05, 4.69) is 243 Å². The van der Waals surface area contributed by atoms with Gasteiger partial charge in [-0.1, -0.05) is 133 Å². The first kappa shape index (κ1) is 36.7. The number of hydrogen-bond acceptors (Lipinski definition) is 2. The number of hydrogen-bond donors (Lipinski definition) is 0. The maximum absolute atomic E-state index is 5.23. The summed E-state index contributed by atoms with van der Waals surface area (Å²) in [5.41, 5.74) is 20.5. The number of fused-ring (bicyclic) bond motifs is 15. The van der Waals surface area contributed by atoms with Crippen molar-refractivity contribution in [2.75, 3.05) is 11.4 Å². The van der Waals surface area contributed by atoms with Gasteiger partial charge in [-0.05, 0) is 89.0 Å². The van der Waals surface area contributed by atoms with E-state index < -0.39 is 0 Å². The number of nitrogens with zero attached hydrogens (tertiary/aromatic N) is 5. The summed E-state index contributed by atoms with van der Waals surface area (Å²) in [6, 6.07) is 79.8. The van der Waals surface area contributed by atoms with E-state index in [1.54, 1.807) is 0 Å². The highest BCUT2D eigenvalue weighted by molar-refractivity contribution is 6.14. The van der Waals surface area contributed by atoms with Gasteiger partial charge in [0, 0.05) is 74.0 Å². The van der Waals surface area contributed by atoms with Gasteiger partial charge in [0.15, 0.2) is 6.21 Å². The summed E-state index contributed by atoms with van der Waals surface area (Å²) in [5.74, 6) is 0. The van der Waals surface area contributed by atoms with Gasteiger partial charge in [0.05, 0.1) is 33.4 Å². The minimum absolute atomic E-state index is 0.718. The molecule has 0 amide bonds. The molecule has 0 N–H and O–H groups in total. The predicted octanol–water partition coefficient (Wildman–Crippen LogP) is 15.3. The summed E-state index contributed by atoms with van der Waals surface area (Å²) in [4.78, 5) is 7.66. The first-order chi connectivity index (χ1) is 32.8. The molecule has 1 aliphatic carbocycles. The van der Waals surface area contributed by atoms with Crippen LogP contribution in [0.15, 0.2) is 225 Å². The Morgan fingerprint density at radius 1 is 0.379 bits per heavy atom. The van der Waals surface area contributed by atoms with E-state index in [1.165, 1.54) is 43.7 Å². The number of anilines is 2. The standard InChI is InChI=1S/C61H40N5/c1-3-17-40(18-4-1)63-35-36-64(41-19-5-2-6-20-41)59-39-52-50(38-58(59)63)48-26-15-31-57(60(48)47-25-8-7-21-43(47)49-27-16-34-62-61(49)52)66-55-30-14-11-24-46(55)51-37-42(32-33-56(51)66)65-53-28-12-9-22-44(53)45-23-10-13-29-54(45)65/h1-35,37-39H,36H2/q+1. The van der Waals surface area contributed by atoms with E-state index >= 15 is 0 Å². The third-order valence-corrected chi connectivity index (χ3v) is 13.8. The molecule has 14 rings (SSSR count). The highest BCUT2D eigenvalue weighted by atomic mass is 15.2. The lowest BCUT2D eigenvalue weighted by Crippen LogP contribution is -2.29. The summed E-state index contributed by atoms with van der Waals surface area (Å²) in [5, 5.41) is 4.94. The number of rotatable bonds is 4. The van der Waals surface area contributed by atoms with E-state index in [1.807, 2.05) is 6.20 Å². The Labute approximate surface area is 381 Å². The van der Waals surface area contributed by atoms with Crippen LogP contribution in [-0.4, -0.2) is 26.9 Å². The Bertz CT molecular complexity index is 3920. The van der Waals surface area contributed by atoms with E-state index in [-0.39, 0.29) is 0 Å². The summed E-state index contributed by atoms with van der Waals surface area (Å²) in [6.45, 7) is 0.718. The molecule has 0 unspecified atom stereocenters. The van der Waals surface area contributed by atoms with Gasteiger partial charge in [0.25, 0.3) is 0 Å². The van der Waals surface area contributed by atoms with Crippen LogP contribution >= 0.6 is 0 Å². The first-order valence-electron chi connectivity index (χ1n) is 22.7. The topological polar surface area (TPSA) is 29.0 Å². The Morgan fingerprint density at radius 2 is 0.985 bits per heavy atom. The van der Waals surface area contributed by atoms with Gasteiger partial charge >= 0.3 is 0 Å². The normalized spacial score (nSPS) is 12.8. The fraction of sp³-hybridized carbons (Fsp3) is 0.0164. The van der Waals surface area contributed by atoms with E-state index in [0.29, 0.717) is 0 Å². The molecule has 5 nitrogen and oxygen atoms in total. The van der Waals surface area contributed by atoms with Crippen LogP contribution < -0.4 is 9.48 Å². The van der Waals surface area contributed by atoms with Crippen molar-refractivity contribution in [1.29, 1.82) is 0 Å². The zero-order chi connectivity index (χ0) is 43.3. The Morgan fingerprint density at radius 3 is 1.74 bits per heavy atom. The number of pyridine rings is 1. The summed E-state index contributed by atoms with van der Waals surface area (Å²) < 4.78 is 7.29. The average Bonchev–Trinajstić information content (AvgIpc) is 3.90. The molecule has 5 heteroatoms. The van der Waals surface area contributed by atoms with Crippen LogP contribution in [-0.2, 0) is 0 Å². The SMILES string of the molecule is C1=[N+](c2ccccc2)c2cc3c(cc2N(c2ccccc2)C1)-c1ncccc1-c1ccccc1-c1c-3cccc1-n1c2ccccc2c2cc(-n3c4ccccc4c4ccccc43)ccc21. The van der Waals surface area contributed by atoms with Gasteiger partial charge in [-0.3, -0.25) is 4.98 Å². The lowest BCUT2D eigenvalue weighted by Gasteiger charge is -2.30. The minimum Gasteiger partial charge on any atom is -0.326 e. The number of para-hydroxylation sites is 5. The molecular weight excluding hydrogens is 803 g/mol. The fourth-order valence-electron chi connectivity index (χ4n) is 11.0. The van der Waals surface area contributed by atoms with Crippen molar-refractivity contribution in [2.45, 2.75) is 0 Å². The Hall–Kier alpha value is -8.80. The second-order valence-corrected chi connectivity index (χ2v) is 17.3. The maximum atomic E-state index is 5.23. The smallest absolute Gasteiger partial charge is 0.235 e. The van der Waals surface area contributed by atoms with Crippen molar-refractivity contribution in [3.8, 4) is 56.0 Å². The average molecular weight is 843 g/mol. The lowest BCUT2D eigenvalue weighted by atomic mass is 9.81. The fourth-order valence-corrected chi connectivity index (χ4v) is 11.0. The zero-order valence-electron chi connectivity index (χ0n) is 35.9. The third kappa shape index (κ3) is 5.34. The zero-order valence-corrected chi connectivity index (χ0v) is 35.9. The van der Waals surface area contributed by atoms with Crippen molar-refractivity contribution >= 4 is 72.6 Å². The van der Waals surface area contributed by atoms with Crippen LogP contribution in [0, 0.1) is 0 Å². The lowest BCUT2D eigenvalue weighted by molar-refractivity contribution is 1.000. The monoisotopic (exact) mass is 842 g/mol. The predicted molar refractivity (Wildman–Crippen MR) is 276 cm³/mol. The molecular formula is C61H40N5+. The molecule has 0 radical (unpaired) electrons. The molecule has 3 aromatic heterocycles. The van der Waals surface area contributed by atoms with Crippen LogP contribution in [0.25, 0.3) is 99.6 Å². The molecule has 9 aromatic carbocycles. The van der Waals surface area contributed by atoms with Gasteiger partial charge in [-0.15, -0.1) is 0 Å². The highest BCUT2D eigenvalue weighted by Gasteiger charge is 2.33. The van der Waals surface area contributed by atoms with Crippen LogP contribution in [0.2, 0.25) is 0 Å². The van der Waals surface area contributed by atoms with E-state index in [4.69, 9.17) is 4.98 Å². The molecule has 0 saturated heterocycles. The highest BCUT2D eigenvalue weighted by Crippen LogP contribution is 2.53. The molecule has 66 heavy (non-hydrogen) atoms. The van der Waals surface area contributed by atoms with Crippen LogP contribution in [0.1, 0.15) is 0 Å². The summed E-state index contributed by atoms with van der Waals surface area (Å²) in [6.07, 6.45) is 4.25. The van der Waals surface area contributed by atoms with Crippen LogP contribution in [0.3, 0.4) is 0 Å². The van der Waals surface area contributed by atoms with Gasteiger partial charge in [-0.2, -0.15) is 4.58 Å². The molecule has 0 saturated carbocycles. The van der Waals surface area contributed by atoms with Gasteiger partial charge in [0.1, 0.15) is 12.2 Å². The third-order valence-electron chi connectivity index (χ3n) is 13.8. The van der Waals surface area contributed by atoms with Crippen molar-refractivity contribution in [1.82, 2.24) is 18.7 Å². The molecule has 0 atom stereocenters. The minimum atomic E-state index is 0.718. The molecule has 0 spiro atoms. The van der Waals surface area contributed by atoms with Crippen LogP contribution in [0.4, 0.5) is 22.7 Å². The largest absolute Gasteiger partial charge is 0.326 e. The van der Waals surface area contributed by atoms with Crippen LogP contribution in [0.5, 0.6) is 0 Å². The van der Waals surface area contributed by atoms with Crippen molar-refractivity contribution < 1.29 is 0 Å². The van der Waals surface area contributed by atoms with Gasteiger partial charge < -0.3 is 14.0 Å². The quantitative estimate of drug-likeness (QED) is 0.165. The molecule has 1 aliphatic heterocycles. The van der Waals surface area contributed by atoms with Crippen molar-refractivity contribution in [2.24, 2.45) is 0 Å². The first-order valence-corrected chi connectivity index (χ1v) is 22.7. The summed E-state index contributed by atoms with van der Waals surface area (Å²) >= 11 is 0. The molecule has 12 aromatic rings. The van der Waals surface area contributed by atoms with E-state index in [0.717, 1.165) is 85.2 Å². The molecule has 2 aliphatic rings. The molecule has 4 heterocycles. The Balaban J connectivity index is 1.07. The molecule has 0 bridgehead atoms. The number of aromatic nitrogens is 3. The van der Waals surface area contributed by atoms with Crippen molar-refractivity contribution in [3.63, 3.8) is 0 Å².